The van der Waals surface area contributed by atoms with E-state index in [2.05, 4.69) is 17.1 Å². The van der Waals surface area contributed by atoms with Crippen molar-refractivity contribution in [2.45, 2.75) is 26.2 Å². The fraction of sp³-hybridized carbons (Fsp3) is 0.611. The second-order valence-electron chi connectivity index (χ2n) is 6.59. The Morgan fingerprint density at radius 1 is 1.35 bits per heavy atom. The average Bonchev–Trinajstić information content (AvgIpc) is 3.19. The standard InChI is InChI=1S/C18H26FN3O/c1-2-20-17(21-10-7-15-3-5-16(19)6-4-15)22-11-8-18(13-22)9-12-23-14-18/h3-6H,2,7-14H2,1H3,(H,20,21). The molecule has 1 unspecified atom stereocenters. The number of ether oxygens (including phenoxy) is 1. The molecule has 1 N–H and O–H groups in total. The molecular formula is C18H26FN3O. The van der Waals surface area contributed by atoms with Crippen LogP contribution in [0.25, 0.3) is 0 Å². The van der Waals surface area contributed by atoms with Crippen LogP contribution >= 0.6 is 0 Å². The van der Waals surface area contributed by atoms with Crippen molar-refractivity contribution in [3.05, 3.63) is 35.6 Å². The van der Waals surface area contributed by atoms with Crippen LogP contribution in [0.1, 0.15) is 25.3 Å². The summed E-state index contributed by atoms with van der Waals surface area (Å²) in [7, 11) is 0. The quantitative estimate of drug-likeness (QED) is 0.684. The molecule has 2 aliphatic rings. The van der Waals surface area contributed by atoms with E-state index in [0.717, 1.165) is 50.8 Å². The lowest BCUT2D eigenvalue weighted by Crippen LogP contribution is -2.41. The lowest BCUT2D eigenvalue weighted by atomic mass is 9.87. The maximum atomic E-state index is 12.9. The molecule has 0 bridgehead atoms. The molecule has 23 heavy (non-hydrogen) atoms. The van der Waals surface area contributed by atoms with Crippen LogP contribution in [0.15, 0.2) is 29.3 Å². The lowest BCUT2D eigenvalue weighted by molar-refractivity contribution is 0.156. The van der Waals surface area contributed by atoms with Crippen molar-refractivity contribution in [3.63, 3.8) is 0 Å². The van der Waals surface area contributed by atoms with Gasteiger partial charge in [0.25, 0.3) is 0 Å². The van der Waals surface area contributed by atoms with E-state index in [1.807, 2.05) is 12.1 Å². The highest BCUT2D eigenvalue weighted by molar-refractivity contribution is 5.80. The van der Waals surface area contributed by atoms with Crippen LogP contribution in [0.5, 0.6) is 0 Å². The monoisotopic (exact) mass is 319 g/mol. The minimum atomic E-state index is -0.188. The minimum Gasteiger partial charge on any atom is -0.381 e. The summed E-state index contributed by atoms with van der Waals surface area (Å²) in [5.74, 6) is 0.810. The Morgan fingerprint density at radius 2 is 2.17 bits per heavy atom. The van der Waals surface area contributed by atoms with Gasteiger partial charge in [0.1, 0.15) is 5.82 Å². The predicted molar refractivity (Wildman–Crippen MR) is 90.1 cm³/mol. The first kappa shape index (κ1) is 16.2. The van der Waals surface area contributed by atoms with Gasteiger partial charge >= 0.3 is 0 Å². The smallest absolute Gasteiger partial charge is 0.193 e. The number of benzene rings is 1. The van der Waals surface area contributed by atoms with Crippen molar-refractivity contribution in [3.8, 4) is 0 Å². The molecule has 0 aromatic heterocycles. The van der Waals surface area contributed by atoms with Crippen LogP contribution in [-0.4, -0.2) is 50.3 Å². The molecule has 0 radical (unpaired) electrons. The highest BCUT2D eigenvalue weighted by Crippen LogP contribution is 2.38. The average molecular weight is 319 g/mol. The molecule has 5 heteroatoms. The highest BCUT2D eigenvalue weighted by atomic mass is 19.1. The van der Waals surface area contributed by atoms with Crippen LogP contribution < -0.4 is 5.32 Å². The third-order valence-electron chi connectivity index (χ3n) is 4.83. The SMILES string of the molecule is CCNC(=NCCc1ccc(F)cc1)N1CCC2(CCOC2)C1. The van der Waals surface area contributed by atoms with Gasteiger partial charge in [-0.25, -0.2) is 4.39 Å². The van der Waals surface area contributed by atoms with Crippen molar-refractivity contribution >= 4 is 5.96 Å². The molecular weight excluding hydrogens is 293 g/mol. The first-order valence-electron chi connectivity index (χ1n) is 8.56. The predicted octanol–water partition coefficient (Wildman–Crippen LogP) is 2.45. The van der Waals surface area contributed by atoms with Gasteiger partial charge in [-0.05, 0) is 43.9 Å². The summed E-state index contributed by atoms with van der Waals surface area (Å²) in [6.45, 7) is 7.55. The number of hydrogen-bond acceptors (Lipinski definition) is 2. The molecule has 1 aromatic carbocycles. The number of rotatable bonds is 4. The number of nitrogens with zero attached hydrogens (tertiary/aromatic N) is 2. The van der Waals surface area contributed by atoms with E-state index >= 15 is 0 Å². The third-order valence-corrected chi connectivity index (χ3v) is 4.83. The van der Waals surface area contributed by atoms with Gasteiger partial charge in [0.15, 0.2) is 5.96 Å². The van der Waals surface area contributed by atoms with Crippen molar-refractivity contribution in [2.75, 3.05) is 39.4 Å². The van der Waals surface area contributed by atoms with Gasteiger partial charge in [0.2, 0.25) is 0 Å². The van der Waals surface area contributed by atoms with E-state index in [1.54, 1.807) is 0 Å². The first-order valence-corrected chi connectivity index (χ1v) is 8.56. The molecule has 1 atom stereocenters. The van der Waals surface area contributed by atoms with Crippen molar-refractivity contribution < 1.29 is 9.13 Å². The van der Waals surface area contributed by atoms with Crippen LogP contribution in [0.3, 0.4) is 0 Å². The first-order chi connectivity index (χ1) is 11.2. The Kier molecular flexibility index (Phi) is 5.16. The van der Waals surface area contributed by atoms with Gasteiger partial charge < -0.3 is 15.0 Å². The minimum absolute atomic E-state index is 0.188. The molecule has 126 valence electrons. The normalized spacial score (nSPS) is 24.6. The van der Waals surface area contributed by atoms with Crippen LogP contribution in [0.2, 0.25) is 0 Å². The number of hydrogen-bond donors (Lipinski definition) is 1. The Balaban J connectivity index is 1.58. The molecule has 4 nitrogen and oxygen atoms in total. The Morgan fingerprint density at radius 3 is 2.87 bits per heavy atom. The van der Waals surface area contributed by atoms with Crippen molar-refractivity contribution in [2.24, 2.45) is 10.4 Å². The van der Waals surface area contributed by atoms with Crippen LogP contribution in [0, 0.1) is 11.2 Å². The van der Waals surface area contributed by atoms with Gasteiger partial charge in [-0.3, -0.25) is 4.99 Å². The summed E-state index contributed by atoms with van der Waals surface area (Å²) in [4.78, 5) is 7.13. The van der Waals surface area contributed by atoms with Gasteiger partial charge in [-0.15, -0.1) is 0 Å². The maximum Gasteiger partial charge on any atom is 0.193 e. The summed E-state index contributed by atoms with van der Waals surface area (Å²) >= 11 is 0. The molecule has 2 heterocycles. The summed E-state index contributed by atoms with van der Waals surface area (Å²) in [6, 6.07) is 6.68. The summed E-state index contributed by atoms with van der Waals surface area (Å²) in [5.41, 5.74) is 1.46. The van der Waals surface area contributed by atoms with Gasteiger partial charge in [-0.1, -0.05) is 12.1 Å². The van der Waals surface area contributed by atoms with E-state index < -0.39 is 0 Å². The summed E-state index contributed by atoms with van der Waals surface area (Å²) in [6.07, 6.45) is 3.19. The zero-order valence-corrected chi connectivity index (χ0v) is 13.9. The van der Waals surface area contributed by atoms with E-state index in [4.69, 9.17) is 9.73 Å². The summed E-state index contributed by atoms with van der Waals surface area (Å²) < 4.78 is 18.5. The Labute approximate surface area is 137 Å². The molecule has 2 aliphatic heterocycles. The fourth-order valence-corrected chi connectivity index (χ4v) is 3.46. The molecule has 0 amide bonds. The number of nitrogens with one attached hydrogen (secondary N) is 1. The maximum absolute atomic E-state index is 12.9. The van der Waals surface area contributed by atoms with E-state index in [-0.39, 0.29) is 5.82 Å². The molecule has 1 spiro atoms. The number of halogens is 1. The van der Waals surface area contributed by atoms with E-state index in [9.17, 15) is 4.39 Å². The van der Waals surface area contributed by atoms with Crippen LogP contribution in [-0.2, 0) is 11.2 Å². The molecule has 2 fully saturated rings. The Hall–Kier alpha value is -1.62. The second kappa shape index (κ2) is 7.30. The van der Waals surface area contributed by atoms with E-state index in [0.29, 0.717) is 12.0 Å². The van der Waals surface area contributed by atoms with Crippen LogP contribution in [0.4, 0.5) is 4.39 Å². The van der Waals surface area contributed by atoms with Gasteiger partial charge in [-0.2, -0.15) is 0 Å². The molecule has 3 rings (SSSR count). The van der Waals surface area contributed by atoms with Crippen molar-refractivity contribution in [1.29, 1.82) is 0 Å². The number of likely N-dealkylation sites (tertiary alicyclic amines) is 1. The van der Waals surface area contributed by atoms with Crippen molar-refractivity contribution in [1.82, 2.24) is 10.2 Å². The molecule has 1 aromatic rings. The van der Waals surface area contributed by atoms with Gasteiger partial charge in [0, 0.05) is 38.2 Å². The molecule has 2 saturated heterocycles. The zero-order valence-electron chi connectivity index (χ0n) is 13.9. The fourth-order valence-electron chi connectivity index (χ4n) is 3.46. The second-order valence-corrected chi connectivity index (χ2v) is 6.59. The number of aliphatic imine (C=N–C) groups is 1. The lowest BCUT2D eigenvalue weighted by Gasteiger charge is -2.25. The van der Waals surface area contributed by atoms with E-state index in [1.165, 1.54) is 25.0 Å². The third kappa shape index (κ3) is 4.02. The Bertz CT molecular complexity index is 538. The topological polar surface area (TPSA) is 36.9 Å². The molecule has 0 saturated carbocycles. The number of guanidine groups is 1. The zero-order chi connectivity index (χ0) is 16.1. The molecule has 0 aliphatic carbocycles. The summed E-state index contributed by atoms with van der Waals surface area (Å²) in [5, 5.41) is 3.40. The largest absolute Gasteiger partial charge is 0.381 e. The van der Waals surface area contributed by atoms with Gasteiger partial charge in [0.05, 0.1) is 6.61 Å². The highest BCUT2D eigenvalue weighted by Gasteiger charge is 2.42.